The summed E-state index contributed by atoms with van der Waals surface area (Å²) >= 11 is 1.71. The molecule has 0 saturated carbocycles. The van der Waals surface area contributed by atoms with Crippen LogP contribution in [0, 0.1) is 13.8 Å². The lowest BCUT2D eigenvalue weighted by Gasteiger charge is -2.34. The number of nitrogens with zero attached hydrogens (tertiary/aromatic N) is 4. The molecule has 7 heteroatoms. The van der Waals surface area contributed by atoms with E-state index in [9.17, 15) is 4.79 Å². The maximum Gasteiger partial charge on any atom is 0.253 e. The third-order valence-electron chi connectivity index (χ3n) is 5.33. The largest absolute Gasteiger partial charge is 0.379 e. The highest BCUT2D eigenvalue weighted by Crippen LogP contribution is 2.23. The van der Waals surface area contributed by atoms with Gasteiger partial charge in [-0.2, -0.15) is 0 Å². The molecular weight excluding hydrogens is 372 g/mol. The summed E-state index contributed by atoms with van der Waals surface area (Å²) in [5.74, 6) is 0.138. The van der Waals surface area contributed by atoms with E-state index in [1.54, 1.807) is 11.3 Å². The van der Waals surface area contributed by atoms with Gasteiger partial charge in [-0.3, -0.25) is 9.69 Å². The molecule has 2 aliphatic heterocycles. The lowest BCUT2D eigenvalue weighted by atomic mass is 10.1. The topological polar surface area (TPSA) is 48.9 Å². The van der Waals surface area contributed by atoms with E-state index in [2.05, 4.69) is 21.2 Å². The molecule has 0 N–H and O–H groups in total. The van der Waals surface area contributed by atoms with E-state index in [-0.39, 0.29) is 5.91 Å². The Morgan fingerprint density at radius 2 is 1.71 bits per heavy atom. The summed E-state index contributed by atoms with van der Waals surface area (Å²) in [6.07, 6.45) is 0. The van der Waals surface area contributed by atoms with E-state index in [4.69, 9.17) is 9.72 Å². The van der Waals surface area contributed by atoms with Crippen molar-refractivity contribution in [3.8, 4) is 0 Å². The number of carbonyl (C=O) groups excluding carboxylic acids is 1. The highest BCUT2D eigenvalue weighted by Gasteiger charge is 2.24. The predicted octanol–water partition coefficient (Wildman–Crippen LogP) is 2.55. The van der Waals surface area contributed by atoms with Gasteiger partial charge in [0.05, 0.1) is 18.9 Å². The smallest absolute Gasteiger partial charge is 0.253 e. The van der Waals surface area contributed by atoms with Gasteiger partial charge >= 0.3 is 0 Å². The van der Waals surface area contributed by atoms with Crippen molar-refractivity contribution >= 4 is 22.4 Å². The molecule has 2 saturated heterocycles. The standard InChI is InChI=1S/C21H28N4O2S/c1-16-11-17(2)13-18(12-16)20(26)24-3-5-25(6-4-24)21-22-19(15-28-21)14-23-7-9-27-10-8-23/h11-13,15H,3-10,14H2,1-2H3. The normalized spacial score (nSPS) is 18.5. The number of carbonyl (C=O) groups is 1. The van der Waals surface area contributed by atoms with Crippen LogP contribution in [0.2, 0.25) is 0 Å². The highest BCUT2D eigenvalue weighted by molar-refractivity contribution is 7.13. The van der Waals surface area contributed by atoms with Gasteiger partial charge in [0.2, 0.25) is 0 Å². The molecule has 1 aromatic heterocycles. The summed E-state index contributed by atoms with van der Waals surface area (Å²) in [6.45, 7) is 11.7. The van der Waals surface area contributed by atoms with Gasteiger partial charge in [-0.05, 0) is 26.0 Å². The second-order valence-electron chi connectivity index (χ2n) is 7.67. The minimum atomic E-state index is 0.138. The van der Waals surface area contributed by atoms with Crippen molar-refractivity contribution in [2.75, 3.05) is 57.4 Å². The average molecular weight is 401 g/mol. The van der Waals surface area contributed by atoms with Gasteiger partial charge < -0.3 is 14.5 Å². The number of aromatic nitrogens is 1. The molecular formula is C21H28N4O2S. The van der Waals surface area contributed by atoms with Crippen LogP contribution >= 0.6 is 11.3 Å². The summed E-state index contributed by atoms with van der Waals surface area (Å²) < 4.78 is 5.41. The molecule has 0 bridgehead atoms. The molecule has 2 aliphatic rings. The lowest BCUT2D eigenvalue weighted by Crippen LogP contribution is -2.48. The maximum atomic E-state index is 12.9. The van der Waals surface area contributed by atoms with Gasteiger partial charge in [0.15, 0.2) is 5.13 Å². The van der Waals surface area contributed by atoms with Crippen LogP contribution < -0.4 is 4.90 Å². The summed E-state index contributed by atoms with van der Waals surface area (Å²) in [7, 11) is 0. The Morgan fingerprint density at radius 1 is 1.04 bits per heavy atom. The average Bonchev–Trinajstić information content (AvgIpc) is 3.16. The van der Waals surface area contributed by atoms with E-state index < -0.39 is 0 Å². The SMILES string of the molecule is Cc1cc(C)cc(C(=O)N2CCN(c3nc(CN4CCOCC4)cs3)CC2)c1. The van der Waals surface area contributed by atoms with Crippen molar-refractivity contribution < 1.29 is 9.53 Å². The fourth-order valence-electron chi connectivity index (χ4n) is 3.88. The summed E-state index contributed by atoms with van der Waals surface area (Å²) in [5.41, 5.74) is 4.21. The Kier molecular flexibility index (Phi) is 5.94. The number of ether oxygens (including phenoxy) is 1. The van der Waals surface area contributed by atoms with Crippen LogP contribution in [-0.4, -0.2) is 73.2 Å². The first kappa shape index (κ1) is 19.4. The van der Waals surface area contributed by atoms with Crippen LogP contribution in [0.3, 0.4) is 0 Å². The molecule has 4 rings (SSSR count). The number of hydrogen-bond donors (Lipinski definition) is 0. The molecule has 0 atom stereocenters. The van der Waals surface area contributed by atoms with Crippen molar-refractivity contribution in [3.05, 3.63) is 46.0 Å². The molecule has 0 aliphatic carbocycles. The lowest BCUT2D eigenvalue weighted by molar-refractivity contribution is 0.0337. The fourth-order valence-corrected chi connectivity index (χ4v) is 4.75. The molecule has 6 nitrogen and oxygen atoms in total. The van der Waals surface area contributed by atoms with Crippen molar-refractivity contribution in [2.24, 2.45) is 0 Å². The molecule has 1 aromatic carbocycles. The number of aryl methyl sites for hydroxylation is 2. The first-order chi connectivity index (χ1) is 13.6. The molecule has 1 amide bonds. The molecule has 3 heterocycles. The van der Waals surface area contributed by atoms with Crippen molar-refractivity contribution in [2.45, 2.75) is 20.4 Å². The number of piperazine rings is 1. The number of benzene rings is 1. The van der Waals surface area contributed by atoms with Crippen molar-refractivity contribution in [1.82, 2.24) is 14.8 Å². The zero-order valence-electron chi connectivity index (χ0n) is 16.7. The second kappa shape index (κ2) is 8.59. The van der Waals surface area contributed by atoms with Gasteiger partial charge in [-0.1, -0.05) is 17.2 Å². The number of morpholine rings is 1. The molecule has 28 heavy (non-hydrogen) atoms. The Bertz CT molecular complexity index is 803. The van der Waals surface area contributed by atoms with Gasteiger partial charge in [0, 0.05) is 56.8 Å². The Morgan fingerprint density at radius 3 is 2.39 bits per heavy atom. The zero-order chi connectivity index (χ0) is 19.5. The monoisotopic (exact) mass is 400 g/mol. The Balaban J connectivity index is 1.33. The van der Waals surface area contributed by atoms with Crippen LogP contribution in [0.4, 0.5) is 5.13 Å². The van der Waals surface area contributed by atoms with Crippen LogP contribution in [0.1, 0.15) is 27.2 Å². The van der Waals surface area contributed by atoms with Crippen LogP contribution in [-0.2, 0) is 11.3 Å². The third kappa shape index (κ3) is 4.54. The zero-order valence-corrected chi connectivity index (χ0v) is 17.5. The first-order valence-corrected chi connectivity index (χ1v) is 10.8. The van der Waals surface area contributed by atoms with Crippen LogP contribution in [0.25, 0.3) is 0 Å². The molecule has 0 radical (unpaired) electrons. The van der Waals surface area contributed by atoms with E-state index in [0.29, 0.717) is 0 Å². The van der Waals surface area contributed by atoms with Crippen molar-refractivity contribution in [1.29, 1.82) is 0 Å². The molecule has 0 unspecified atom stereocenters. The number of hydrogen-bond acceptors (Lipinski definition) is 6. The van der Waals surface area contributed by atoms with E-state index in [0.717, 1.165) is 86.5 Å². The van der Waals surface area contributed by atoms with Gasteiger partial charge in [-0.15, -0.1) is 11.3 Å². The molecule has 2 fully saturated rings. The highest BCUT2D eigenvalue weighted by atomic mass is 32.1. The number of amides is 1. The molecule has 150 valence electrons. The minimum absolute atomic E-state index is 0.138. The predicted molar refractivity (Wildman–Crippen MR) is 112 cm³/mol. The Hall–Kier alpha value is -1.96. The fraction of sp³-hybridized carbons (Fsp3) is 0.524. The Labute approximate surface area is 170 Å². The first-order valence-electron chi connectivity index (χ1n) is 9.95. The minimum Gasteiger partial charge on any atom is -0.379 e. The third-order valence-corrected chi connectivity index (χ3v) is 6.29. The van der Waals surface area contributed by atoms with E-state index in [1.165, 1.54) is 0 Å². The molecule has 0 spiro atoms. The maximum absolute atomic E-state index is 12.9. The van der Waals surface area contributed by atoms with Crippen LogP contribution in [0.15, 0.2) is 23.6 Å². The van der Waals surface area contributed by atoms with E-state index >= 15 is 0 Å². The number of thiazole rings is 1. The summed E-state index contributed by atoms with van der Waals surface area (Å²) in [4.78, 5) is 24.4. The van der Waals surface area contributed by atoms with Gasteiger partial charge in [0.25, 0.3) is 5.91 Å². The summed E-state index contributed by atoms with van der Waals surface area (Å²) in [5, 5.41) is 3.24. The number of rotatable bonds is 4. The van der Waals surface area contributed by atoms with Gasteiger partial charge in [-0.25, -0.2) is 4.98 Å². The molecule has 2 aromatic rings. The van der Waals surface area contributed by atoms with Gasteiger partial charge in [0.1, 0.15) is 0 Å². The number of anilines is 1. The van der Waals surface area contributed by atoms with Crippen LogP contribution in [0.5, 0.6) is 0 Å². The quantitative estimate of drug-likeness (QED) is 0.789. The van der Waals surface area contributed by atoms with Crippen molar-refractivity contribution in [3.63, 3.8) is 0 Å². The van der Waals surface area contributed by atoms with E-state index in [1.807, 2.05) is 30.9 Å². The second-order valence-corrected chi connectivity index (χ2v) is 8.50. The summed E-state index contributed by atoms with van der Waals surface area (Å²) in [6, 6.07) is 6.08.